The zero-order chi connectivity index (χ0) is 54.1. The summed E-state index contributed by atoms with van der Waals surface area (Å²) >= 11 is 0. The molecule has 12 N–H and O–H groups in total. The largest absolute Gasteiger partial charge is 0.394 e. The molecule has 3 fully saturated rings. The van der Waals surface area contributed by atoms with Gasteiger partial charge in [-0.1, -0.05) is 140 Å². The van der Waals surface area contributed by atoms with Crippen molar-refractivity contribution in [2.45, 2.75) is 266 Å². The van der Waals surface area contributed by atoms with E-state index in [0.717, 1.165) is 57.8 Å². The number of nitrogens with one attached hydrogen (secondary N) is 1. The minimum Gasteiger partial charge on any atom is -0.394 e. The Hall–Kier alpha value is -2.25. The average Bonchev–Trinajstić information content (AvgIpc) is 3.40. The van der Waals surface area contributed by atoms with Gasteiger partial charge in [-0.15, -0.1) is 0 Å². The van der Waals surface area contributed by atoms with E-state index in [9.17, 15) is 61.0 Å². The summed E-state index contributed by atoms with van der Waals surface area (Å²) in [6.45, 7) is 1.53. The molecule has 0 radical (unpaired) electrons. The highest BCUT2D eigenvalue weighted by molar-refractivity contribution is 5.76. The lowest BCUT2D eigenvalue weighted by Gasteiger charge is -2.48. The minimum absolute atomic E-state index is 0.228. The molecule has 19 nitrogen and oxygen atoms in total. The third kappa shape index (κ3) is 23.8. The Bertz CT molecular complexity index is 1550. The number of hydrogen-bond donors (Lipinski definition) is 12. The summed E-state index contributed by atoms with van der Waals surface area (Å²) in [6, 6.07) is -0.995. The van der Waals surface area contributed by atoms with Gasteiger partial charge in [-0.2, -0.15) is 0 Å². The molecule has 1 amide bonds. The summed E-state index contributed by atoms with van der Waals surface area (Å²) in [4.78, 5) is 13.3. The summed E-state index contributed by atoms with van der Waals surface area (Å²) in [5.41, 5.74) is 0. The molecule has 3 rings (SSSR count). The zero-order valence-corrected chi connectivity index (χ0v) is 44.3. The van der Waals surface area contributed by atoms with Gasteiger partial charge in [0.2, 0.25) is 5.91 Å². The Morgan fingerprint density at radius 1 is 0.486 bits per heavy atom. The number of ether oxygens (including phenoxy) is 6. The molecular formula is C55H97NO18. The van der Waals surface area contributed by atoms with Gasteiger partial charge in [0.1, 0.15) is 73.2 Å². The van der Waals surface area contributed by atoms with Gasteiger partial charge in [-0.3, -0.25) is 4.79 Å². The zero-order valence-electron chi connectivity index (χ0n) is 44.3. The Morgan fingerprint density at radius 2 is 0.905 bits per heavy atom. The van der Waals surface area contributed by atoms with E-state index in [-0.39, 0.29) is 18.9 Å². The first-order valence-electron chi connectivity index (χ1n) is 27.9. The van der Waals surface area contributed by atoms with Crippen LogP contribution in [-0.2, 0) is 33.2 Å². The van der Waals surface area contributed by atoms with Gasteiger partial charge in [0, 0.05) is 6.42 Å². The van der Waals surface area contributed by atoms with Crippen LogP contribution in [0.1, 0.15) is 162 Å². The summed E-state index contributed by atoms with van der Waals surface area (Å²) in [7, 11) is 0. The molecule has 3 aliphatic rings. The molecule has 17 unspecified atom stereocenters. The Balaban J connectivity index is 1.51. The molecule has 0 aromatic rings. The minimum atomic E-state index is -1.98. The SMILES string of the molecule is CC/C=C/CC/C=C/CC/C=C/C(O)C(COC1OC(CO)C(OC2OC(CO)C(OC3OC(CO)C(O)C(O)C3O)C(O)C2O)C(O)C1O)NC(=O)CCCCCCCCCCC/C=C\CCCCCCCC. The van der Waals surface area contributed by atoms with Crippen LogP contribution in [-0.4, -0.2) is 193 Å². The molecule has 0 aromatic heterocycles. The van der Waals surface area contributed by atoms with Gasteiger partial charge >= 0.3 is 0 Å². The molecule has 74 heavy (non-hydrogen) atoms. The summed E-state index contributed by atoms with van der Waals surface area (Å²) in [6.07, 6.45) is 14.1. The van der Waals surface area contributed by atoms with Crippen LogP contribution in [0.15, 0.2) is 48.6 Å². The van der Waals surface area contributed by atoms with Crippen LogP contribution in [0.4, 0.5) is 0 Å². The molecule has 17 atom stereocenters. The first kappa shape index (κ1) is 66.0. The van der Waals surface area contributed by atoms with E-state index in [1.807, 2.05) is 6.08 Å². The van der Waals surface area contributed by atoms with E-state index in [4.69, 9.17) is 28.4 Å². The summed E-state index contributed by atoms with van der Waals surface area (Å²) in [5, 5.41) is 120. The van der Waals surface area contributed by atoms with E-state index in [2.05, 4.69) is 55.6 Å². The van der Waals surface area contributed by atoms with E-state index in [1.54, 1.807) is 6.08 Å². The van der Waals surface area contributed by atoms with Crippen molar-refractivity contribution in [1.82, 2.24) is 5.32 Å². The van der Waals surface area contributed by atoms with Crippen molar-refractivity contribution in [3.05, 3.63) is 48.6 Å². The van der Waals surface area contributed by atoms with Crippen LogP contribution in [0, 0.1) is 0 Å². The maximum atomic E-state index is 13.3. The normalized spacial score (nSPS) is 31.8. The first-order valence-corrected chi connectivity index (χ1v) is 27.9. The van der Waals surface area contributed by atoms with Crippen LogP contribution in [0.5, 0.6) is 0 Å². The second-order valence-electron chi connectivity index (χ2n) is 20.0. The maximum Gasteiger partial charge on any atom is 0.220 e. The average molecular weight is 1060 g/mol. The van der Waals surface area contributed by atoms with Gasteiger partial charge in [0.25, 0.3) is 0 Å². The highest BCUT2D eigenvalue weighted by Gasteiger charge is 2.53. The van der Waals surface area contributed by atoms with Crippen LogP contribution >= 0.6 is 0 Å². The van der Waals surface area contributed by atoms with Crippen LogP contribution < -0.4 is 5.32 Å². The lowest BCUT2D eigenvalue weighted by Crippen LogP contribution is -2.66. The predicted octanol–water partition coefficient (Wildman–Crippen LogP) is 3.53. The number of unbranched alkanes of at least 4 members (excludes halogenated alkanes) is 17. The third-order valence-corrected chi connectivity index (χ3v) is 13.8. The topological polar surface area (TPSA) is 307 Å². The van der Waals surface area contributed by atoms with Crippen molar-refractivity contribution in [3.8, 4) is 0 Å². The maximum absolute atomic E-state index is 13.3. The molecule has 19 heteroatoms. The van der Waals surface area contributed by atoms with Crippen LogP contribution in [0.2, 0.25) is 0 Å². The molecule has 0 spiro atoms. The quantitative estimate of drug-likeness (QED) is 0.0310. The number of amides is 1. The lowest BCUT2D eigenvalue weighted by atomic mass is 9.96. The Morgan fingerprint density at radius 3 is 1.42 bits per heavy atom. The van der Waals surface area contributed by atoms with Crippen molar-refractivity contribution in [3.63, 3.8) is 0 Å². The van der Waals surface area contributed by atoms with E-state index in [0.29, 0.717) is 12.8 Å². The van der Waals surface area contributed by atoms with Gasteiger partial charge in [-0.25, -0.2) is 0 Å². The number of carbonyl (C=O) groups excluding carboxylic acids is 1. The van der Waals surface area contributed by atoms with E-state index in [1.165, 1.54) is 70.6 Å². The van der Waals surface area contributed by atoms with Crippen LogP contribution in [0.3, 0.4) is 0 Å². The van der Waals surface area contributed by atoms with Crippen LogP contribution in [0.25, 0.3) is 0 Å². The number of aliphatic hydroxyl groups is 11. The Kier molecular flexibility index (Phi) is 34.9. The monoisotopic (exact) mass is 1060 g/mol. The molecule has 0 bridgehead atoms. The number of allylic oxidation sites excluding steroid dienone is 7. The smallest absolute Gasteiger partial charge is 0.220 e. The molecule has 0 saturated carbocycles. The molecule has 0 aliphatic carbocycles. The summed E-state index contributed by atoms with van der Waals surface area (Å²) < 4.78 is 34.1. The second-order valence-corrected chi connectivity index (χ2v) is 20.0. The van der Waals surface area contributed by atoms with Crippen molar-refractivity contribution in [2.24, 2.45) is 0 Å². The number of hydrogen-bond acceptors (Lipinski definition) is 18. The molecule has 3 heterocycles. The van der Waals surface area contributed by atoms with Gasteiger partial charge in [-0.05, 0) is 64.2 Å². The van der Waals surface area contributed by atoms with E-state index < -0.39 is 124 Å². The standard InChI is InChI=1S/C55H97NO18/c1-3-5-7-9-11-13-15-16-17-18-19-20-21-22-23-25-27-29-31-33-43(61)56-38(39(60)32-30-28-26-24-14-12-10-8-6-4-2)37-69-53-49(67)46(64)51(41(35-58)71-53)74-55-50(68)47(65)52(42(36-59)72-55)73-54-48(66)45(63)44(62)40(34-57)70-54/h6,8,14,16-17,24,30,32,38-42,44-55,57-60,62-68H,3-5,7,9-13,15,18-23,25-29,31,33-37H2,1-2H3,(H,56,61)/b8-6+,17-16-,24-14+,32-30+. The third-order valence-electron chi connectivity index (χ3n) is 13.8. The first-order chi connectivity index (χ1) is 35.8. The number of rotatable bonds is 39. The Labute approximate surface area is 440 Å². The van der Waals surface area contributed by atoms with E-state index >= 15 is 0 Å². The predicted molar refractivity (Wildman–Crippen MR) is 277 cm³/mol. The highest BCUT2D eigenvalue weighted by Crippen LogP contribution is 2.33. The van der Waals surface area contributed by atoms with Crippen molar-refractivity contribution < 1.29 is 89.4 Å². The second kappa shape index (κ2) is 39.2. The fraction of sp³-hybridized carbons (Fsp3) is 0.836. The number of carbonyl (C=O) groups is 1. The van der Waals surface area contributed by atoms with Crippen molar-refractivity contribution in [1.29, 1.82) is 0 Å². The molecular weight excluding hydrogens is 963 g/mol. The summed E-state index contributed by atoms with van der Waals surface area (Å²) in [5.74, 6) is -0.297. The van der Waals surface area contributed by atoms with Crippen molar-refractivity contribution in [2.75, 3.05) is 26.4 Å². The van der Waals surface area contributed by atoms with Crippen molar-refractivity contribution >= 4 is 5.91 Å². The highest BCUT2D eigenvalue weighted by atomic mass is 16.8. The number of aliphatic hydroxyl groups excluding tert-OH is 11. The fourth-order valence-electron chi connectivity index (χ4n) is 9.22. The van der Waals surface area contributed by atoms with Gasteiger partial charge < -0.3 is 89.9 Å². The molecule has 430 valence electrons. The van der Waals surface area contributed by atoms with Gasteiger partial charge in [0.05, 0.1) is 38.6 Å². The lowest BCUT2D eigenvalue weighted by molar-refractivity contribution is -0.379. The molecule has 0 aromatic carbocycles. The molecule has 3 saturated heterocycles. The molecule has 3 aliphatic heterocycles. The fourth-order valence-corrected chi connectivity index (χ4v) is 9.22. The van der Waals surface area contributed by atoms with Gasteiger partial charge in [0.15, 0.2) is 18.9 Å².